The Morgan fingerprint density at radius 2 is 1.24 bits per heavy atom. The molecule has 0 radical (unpaired) electrons. The van der Waals surface area contributed by atoms with Gasteiger partial charge in [-0.15, -0.1) is 0 Å². The number of H-pyrrole nitrogens is 4. The van der Waals surface area contributed by atoms with E-state index in [4.69, 9.17) is 9.47 Å². The van der Waals surface area contributed by atoms with Gasteiger partial charge in [0.25, 0.3) is 11.1 Å². The molecular weight excluding hydrogens is 727 g/mol. The van der Waals surface area contributed by atoms with Crippen LogP contribution in [0.2, 0.25) is 0 Å². The van der Waals surface area contributed by atoms with E-state index in [1.807, 2.05) is 99.6 Å². The van der Waals surface area contributed by atoms with Crippen molar-refractivity contribution in [1.29, 1.82) is 0 Å². The number of hydrogen-bond donors (Lipinski definition) is 4. The van der Waals surface area contributed by atoms with Crippen LogP contribution >= 0.6 is 22.6 Å². The fraction of sp³-hybridized carbons (Fsp3) is 0.150. The van der Waals surface area contributed by atoms with Crippen molar-refractivity contribution in [1.82, 2.24) is 20.4 Å². The van der Waals surface area contributed by atoms with Crippen molar-refractivity contribution in [2.45, 2.75) is 33.3 Å². The first-order valence-corrected chi connectivity index (χ1v) is 17.2. The molecule has 0 fully saturated rings. The van der Waals surface area contributed by atoms with Crippen LogP contribution in [0.4, 0.5) is 0 Å². The Hall–Kier alpha value is -5.29. The number of aromatic nitrogens is 4. The molecule has 246 valence electrons. The second kappa shape index (κ2) is 13.7. The van der Waals surface area contributed by atoms with E-state index < -0.39 is 5.92 Å². The monoisotopic (exact) mass is 762 g/mol. The molecule has 0 spiro atoms. The van der Waals surface area contributed by atoms with Gasteiger partial charge in [0.1, 0.15) is 6.61 Å². The standard InChI is InChI=1S/C40H35IN4O4/c1-4-48-32-21-29(20-31(41)38(32)49-22-28-10-7-9-25-8-5-6-11-30(25)28)33(34-36(42-44-39(34)46)26-16-12-23(2)13-17-26)35-37(43-45-40(35)47)27-18-14-24(3)15-19-27/h5-21,33H,4,22H2,1-3H3,(H2,42,44,46)(H2,43,45,47). The minimum Gasteiger partial charge on any atom is -0.490 e. The van der Waals surface area contributed by atoms with Crippen LogP contribution in [0.5, 0.6) is 11.5 Å². The summed E-state index contributed by atoms with van der Waals surface area (Å²) in [7, 11) is 0. The fourth-order valence-electron chi connectivity index (χ4n) is 6.39. The lowest BCUT2D eigenvalue weighted by atomic mass is 9.83. The molecule has 9 heteroatoms. The van der Waals surface area contributed by atoms with E-state index in [0.717, 1.165) is 42.2 Å². The third-order valence-electron chi connectivity index (χ3n) is 8.80. The first-order chi connectivity index (χ1) is 23.8. The van der Waals surface area contributed by atoms with Gasteiger partial charge in [0.05, 0.1) is 32.7 Å². The second-order valence-corrected chi connectivity index (χ2v) is 13.3. The average molecular weight is 763 g/mol. The lowest BCUT2D eigenvalue weighted by Crippen LogP contribution is -2.20. The van der Waals surface area contributed by atoms with Gasteiger partial charge in [-0.05, 0) is 88.5 Å². The first-order valence-electron chi connectivity index (χ1n) is 16.1. The maximum Gasteiger partial charge on any atom is 0.268 e. The van der Waals surface area contributed by atoms with E-state index in [9.17, 15) is 9.59 Å². The van der Waals surface area contributed by atoms with Gasteiger partial charge in [0.2, 0.25) is 0 Å². The molecule has 0 atom stereocenters. The lowest BCUT2D eigenvalue weighted by molar-refractivity contribution is 0.268. The Morgan fingerprint density at radius 1 is 0.673 bits per heavy atom. The van der Waals surface area contributed by atoms with Gasteiger partial charge < -0.3 is 9.47 Å². The van der Waals surface area contributed by atoms with Crippen molar-refractivity contribution in [2.24, 2.45) is 0 Å². The third-order valence-corrected chi connectivity index (χ3v) is 9.61. The number of aryl methyl sites for hydroxylation is 2. The van der Waals surface area contributed by atoms with Crippen LogP contribution in [0.25, 0.3) is 33.3 Å². The first kappa shape index (κ1) is 32.3. The van der Waals surface area contributed by atoms with Gasteiger partial charge in [0.15, 0.2) is 11.5 Å². The average Bonchev–Trinajstić information content (AvgIpc) is 3.67. The largest absolute Gasteiger partial charge is 0.490 e. The summed E-state index contributed by atoms with van der Waals surface area (Å²) in [4.78, 5) is 27.7. The van der Waals surface area contributed by atoms with Gasteiger partial charge in [-0.3, -0.25) is 30.0 Å². The van der Waals surface area contributed by atoms with E-state index in [-0.39, 0.29) is 11.1 Å². The summed E-state index contributed by atoms with van der Waals surface area (Å²) in [5.41, 5.74) is 7.02. The highest BCUT2D eigenvalue weighted by atomic mass is 127. The lowest BCUT2D eigenvalue weighted by Gasteiger charge is -2.21. The number of ether oxygens (including phenoxy) is 2. The molecule has 0 saturated heterocycles. The molecule has 4 N–H and O–H groups in total. The van der Waals surface area contributed by atoms with Crippen molar-refractivity contribution in [2.75, 3.05) is 6.61 Å². The summed E-state index contributed by atoms with van der Waals surface area (Å²) in [6, 6.07) is 34.2. The molecule has 0 aliphatic carbocycles. The molecule has 8 nitrogen and oxygen atoms in total. The number of aromatic amines is 4. The van der Waals surface area contributed by atoms with Gasteiger partial charge in [0, 0.05) is 5.92 Å². The topological polar surface area (TPSA) is 116 Å². The molecule has 49 heavy (non-hydrogen) atoms. The molecule has 7 aromatic rings. The van der Waals surface area contributed by atoms with Crippen LogP contribution in [0.15, 0.2) is 113 Å². The van der Waals surface area contributed by atoms with Crippen molar-refractivity contribution >= 4 is 33.4 Å². The zero-order valence-corrected chi connectivity index (χ0v) is 29.5. The summed E-state index contributed by atoms with van der Waals surface area (Å²) in [6.45, 7) is 6.69. The predicted molar refractivity (Wildman–Crippen MR) is 203 cm³/mol. The minimum absolute atomic E-state index is 0.319. The Bertz CT molecular complexity index is 2280. The molecule has 5 aromatic carbocycles. The molecule has 0 saturated carbocycles. The predicted octanol–water partition coefficient (Wildman–Crippen LogP) is 8.59. The number of fused-ring (bicyclic) bond motifs is 1. The number of hydrogen-bond acceptors (Lipinski definition) is 4. The minimum atomic E-state index is -0.780. The highest BCUT2D eigenvalue weighted by Crippen LogP contribution is 2.43. The van der Waals surface area contributed by atoms with E-state index in [0.29, 0.717) is 52.8 Å². The maximum atomic E-state index is 13.9. The maximum absolute atomic E-state index is 13.9. The van der Waals surface area contributed by atoms with Crippen LogP contribution in [0.3, 0.4) is 0 Å². The Morgan fingerprint density at radius 3 is 1.84 bits per heavy atom. The summed E-state index contributed by atoms with van der Waals surface area (Å²) in [5, 5.41) is 14.1. The fourth-order valence-corrected chi connectivity index (χ4v) is 7.17. The normalized spacial score (nSPS) is 11.4. The molecular formula is C40H35IN4O4. The zero-order valence-electron chi connectivity index (χ0n) is 27.3. The molecule has 0 aliphatic heterocycles. The Kier molecular flexibility index (Phi) is 9.01. The second-order valence-electron chi connectivity index (χ2n) is 12.1. The summed E-state index contributed by atoms with van der Waals surface area (Å²) >= 11 is 2.25. The highest BCUT2D eigenvalue weighted by Gasteiger charge is 2.32. The molecule has 2 aromatic heterocycles. The van der Waals surface area contributed by atoms with Crippen LogP contribution in [0, 0.1) is 17.4 Å². The molecule has 2 heterocycles. The zero-order chi connectivity index (χ0) is 34.1. The van der Waals surface area contributed by atoms with E-state index >= 15 is 0 Å². The van der Waals surface area contributed by atoms with Crippen molar-refractivity contribution in [3.05, 3.63) is 161 Å². The van der Waals surface area contributed by atoms with Crippen LogP contribution in [0.1, 0.15) is 46.2 Å². The van der Waals surface area contributed by atoms with E-state index in [1.54, 1.807) is 0 Å². The van der Waals surface area contributed by atoms with Crippen LogP contribution in [-0.2, 0) is 6.61 Å². The third kappa shape index (κ3) is 6.33. The quantitative estimate of drug-likeness (QED) is 0.105. The summed E-state index contributed by atoms with van der Waals surface area (Å²) in [5.74, 6) is 0.348. The molecule has 0 amide bonds. The van der Waals surface area contributed by atoms with Gasteiger partial charge in [-0.1, -0.05) is 102 Å². The molecule has 0 unspecified atom stereocenters. The number of halogens is 1. The van der Waals surface area contributed by atoms with Crippen LogP contribution in [-0.4, -0.2) is 27.0 Å². The number of nitrogens with one attached hydrogen (secondary N) is 4. The number of rotatable bonds is 10. The molecule has 0 aliphatic rings. The van der Waals surface area contributed by atoms with E-state index in [2.05, 4.69) is 67.3 Å². The van der Waals surface area contributed by atoms with Crippen molar-refractivity contribution in [3.8, 4) is 34.0 Å². The van der Waals surface area contributed by atoms with Gasteiger partial charge >= 0.3 is 0 Å². The van der Waals surface area contributed by atoms with Gasteiger partial charge in [-0.2, -0.15) is 0 Å². The smallest absolute Gasteiger partial charge is 0.268 e. The van der Waals surface area contributed by atoms with Crippen LogP contribution < -0.4 is 20.6 Å². The molecule has 7 rings (SSSR count). The Labute approximate surface area is 296 Å². The SMILES string of the molecule is CCOc1cc(C(c2c(-c3ccc(C)cc3)[nH][nH]c2=O)c2c(-c3ccc(C)cc3)[nH][nH]c2=O)cc(I)c1OCc1cccc2ccccc12. The van der Waals surface area contributed by atoms with Crippen molar-refractivity contribution < 1.29 is 9.47 Å². The highest BCUT2D eigenvalue weighted by molar-refractivity contribution is 14.1. The summed E-state index contributed by atoms with van der Waals surface area (Å²) in [6.07, 6.45) is 0. The van der Waals surface area contributed by atoms with E-state index in [1.165, 1.54) is 0 Å². The Balaban J connectivity index is 1.41. The summed E-state index contributed by atoms with van der Waals surface area (Å²) < 4.78 is 13.5. The molecule has 0 bridgehead atoms. The number of benzene rings is 5. The van der Waals surface area contributed by atoms with Crippen molar-refractivity contribution in [3.63, 3.8) is 0 Å². The van der Waals surface area contributed by atoms with Gasteiger partial charge in [-0.25, -0.2) is 0 Å².